The molecule has 0 spiro atoms. The van der Waals surface area contributed by atoms with Crippen molar-refractivity contribution in [3.05, 3.63) is 51.3 Å². The van der Waals surface area contributed by atoms with Crippen molar-refractivity contribution in [3.8, 4) is 5.69 Å². The molecule has 100 valence electrons. The molecule has 0 fully saturated rings. The normalized spacial score (nSPS) is 10.6. The van der Waals surface area contributed by atoms with Crippen molar-refractivity contribution in [3.63, 3.8) is 0 Å². The summed E-state index contributed by atoms with van der Waals surface area (Å²) in [5.74, 6) is 0. The van der Waals surface area contributed by atoms with Crippen LogP contribution in [0, 0.1) is 10.1 Å². The van der Waals surface area contributed by atoms with E-state index in [1.807, 2.05) is 13.0 Å². The van der Waals surface area contributed by atoms with Crippen molar-refractivity contribution in [2.75, 3.05) is 6.54 Å². The Morgan fingerprint density at radius 3 is 2.95 bits per heavy atom. The van der Waals surface area contributed by atoms with Gasteiger partial charge in [0.1, 0.15) is 5.69 Å². The Kier molecular flexibility index (Phi) is 4.13. The van der Waals surface area contributed by atoms with Crippen LogP contribution in [0.4, 0.5) is 5.69 Å². The predicted molar refractivity (Wildman–Crippen MR) is 72.6 cm³/mol. The van der Waals surface area contributed by atoms with E-state index in [1.54, 1.807) is 6.20 Å². The summed E-state index contributed by atoms with van der Waals surface area (Å²) in [6.45, 7) is 3.46. The van der Waals surface area contributed by atoms with Gasteiger partial charge in [-0.2, -0.15) is 5.10 Å². The third-order valence-electron chi connectivity index (χ3n) is 2.58. The fraction of sp³-hybridized carbons (Fsp3) is 0.250. The maximum atomic E-state index is 11.0. The molecule has 0 saturated heterocycles. The molecule has 6 nitrogen and oxygen atoms in total. The number of nitro benzene ring substituents is 1. The molecule has 2 rings (SSSR count). The van der Waals surface area contributed by atoms with Gasteiger partial charge in [0.05, 0.1) is 10.6 Å². The fourth-order valence-electron chi connectivity index (χ4n) is 1.68. The molecule has 0 atom stereocenters. The number of nitro groups is 1. The molecule has 7 heteroatoms. The number of benzene rings is 1. The second-order valence-electron chi connectivity index (χ2n) is 3.92. The molecule has 0 aliphatic rings. The Morgan fingerprint density at radius 1 is 1.47 bits per heavy atom. The van der Waals surface area contributed by atoms with E-state index in [0.29, 0.717) is 17.3 Å². The molecule has 0 radical (unpaired) electrons. The van der Waals surface area contributed by atoms with Gasteiger partial charge in [-0.15, -0.1) is 0 Å². The number of halogens is 1. The maximum absolute atomic E-state index is 11.0. The monoisotopic (exact) mass is 280 g/mol. The van der Waals surface area contributed by atoms with Crippen LogP contribution in [0.15, 0.2) is 30.5 Å². The first-order valence-corrected chi connectivity index (χ1v) is 6.19. The molecule has 2 aromatic rings. The zero-order chi connectivity index (χ0) is 13.8. The smallest absolute Gasteiger partial charge is 0.294 e. The molecule has 0 aliphatic carbocycles. The van der Waals surface area contributed by atoms with E-state index in [2.05, 4.69) is 10.4 Å². The van der Waals surface area contributed by atoms with Gasteiger partial charge in [0.2, 0.25) is 0 Å². The Labute approximate surface area is 115 Å². The lowest BCUT2D eigenvalue weighted by molar-refractivity contribution is -0.384. The van der Waals surface area contributed by atoms with E-state index in [9.17, 15) is 10.1 Å². The van der Waals surface area contributed by atoms with Gasteiger partial charge in [-0.1, -0.05) is 18.5 Å². The van der Waals surface area contributed by atoms with Crippen LogP contribution in [-0.4, -0.2) is 21.2 Å². The summed E-state index contributed by atoms with van der Waals surface area (Å²) >= 11 is 5.89. The zero-order valence-electron chi connectivity index (χ0n) is 10.3. The number of rotatable bonds is 5. The molecule has 0 unspecified atom stereocenters. The molecule has 19 heavy (non-hydrogen) atoms. The molecule has 1 aromatic carbocycles. The van der Waals surface area contributed by atoms with Crippen LogP contribution in [0.2, 0.25) is 5.02 Å². The highest BCUT2D eigenvalue weighted by atomic mass is 35.5. The first-order chi connectivity index (χ1) is 9.11. The Morgan fingerprint density at radius 2 is 2.26 bits per heavy atom. The Hall–Kier alpha value is -1.92. The Balaban J connectivity index is 2.37. The van der Waals surface area contributed by atoms with E-state index in [0.717, 1.165) is 12.2 Å². The van der Waals surface area contributed by atoms with Crippen LogP contribution < -0.4 is 5.32 Å². The SMILES string of the molecule is CCNCc1ccn(-c2cc(Cl)ccc2[N+](=O)[O-])n1. The summed E-state index contributed by atoms with van der Waals surface area (Å²) < 4.78 is 1.47. The summed E-state index contributed by atoms with van der Waals surface area (Å²) in [6.07, 6.45) is 1.69. The van der Waals surface area contributed by atoms with Crippen molar-refractivity contribution in [1.82, 2.24) is 15.1 Å². The largest absolute Gasteiger partial charge is 0.311 e. The number of nitrogens with zero attached hydrogens (tertiary/aromatic N) is 3. The lowest BCUT2D eigenvalue weighted by Gasteiger charge is -2.03. The number of aromatic nitrogens is 2. The Bertz CT molecular complexity index is 597. The van der Waals surface area contributed by atoms with Crippen LogP contribution in [0.5, 0.6) is 0 Å². The van der Waals surface area contributed by atoms with Crippen molar-refractivity contribution in [2.45, 2.75) is 13.5 Å². The third-order valence-corrected chi connectivity index (χ3v) is 2.82. The van der Waals surface area contributed by atoms with Gasteiger partial charge in [-0.25, -0.2) is 4.68 Å². The van der Waals surface area contributed by atoms with Gasteiger partial charge < -0.3 is 5.32 Å². The minimum atomic E-state index is -0.447. The van der Waals surface area contributed by atoms with Gasteiger partial charge in [-0.05, 0) is 24.7 Å². The minimum Gasteiger partial charge on any atom is -0.311 e. The second kappa shape index (κ2) is 5.81. The average molecular weight is 281 g/mol. The van der Waals surface area contributed by atoms with Crippen molar-refractivity contribution >= 4 is 17.3 Å². The molecular weight excluding hydrogens is 268 g/mol. The second-order valence-corrected chi connectivity index (χ2v) is 4.36. The lowest BCUT2D eigenvalue weighted by Crippen LogP contribution is -2.12. The summed E-state index contributed by atoms with van der Waals surface area (Å²) in [6, 6.07) is 6.21. The summed E-state index contributed by atoms with van der Waals surface area (Å²) in [5.41, 5.74) is 1.15. The summed E-state index contributed by atoms with van der Waals surface area (Å²) in [4.78, 5) is 10.5. The van der Waals surface area contributed by atoms with Crippen molar-refractivity contribution in [1.29, 1.82) is 0 Å². The highest BCUT2D eigenvalue weighted by Crippen LogP contribution is 2.25. The van der Waals surface area contributed by atoms with Crippen LogP contribution in [0.1, 0.15) is 12.6 Å². The lowest BCUT2D eigenvalue weighted by atomic mass is 10.3. The molecule has 0 bridgehead atoms. The number of hydrogen-bond donors (Lipinski definition) is 1. The molecule has 1 heterocycles. The van der Waals surface area contributed by atoms with Gasteiger partial charge in [0, 0.05) is 23.8 Å². The quantitative estimate of drug-likeness (QED) is 0.675. The molecule has 1 N–H and O–H groups in total. The molecule has 0 aliphatic heterocycles. The molecule has 0 amide bonds. The third kappa shape index (κ3) is 3.10. The van der Waals surface area contributed by atoms with Gasteiger partial charge in [0.15, 0.2) is 0 Å². The standard InChI is InChI=1S/C12H13ClN4O2/c1-2-14-8-10-5-6-16(15-10)12-7-9(13)3-4-11(12)17(18)19/h3-7,14H,2,8H2,1H3. The van der Waals surface area contributed by atoms with E-state index in [-0.39, 0.29) is 5.69 Å². The van der Waals surface area contributed by atoms with Crippen LogP contribution in [0.25, 0.3) is 5.69 Å². The molecule has 0 saturated carbocycles. The van der Waals surface area contributed by atoms with Crippen LogP contribution >= 0.6 is 11.6 Å². The highest BCUT2D eigenvalue weighted by molar-refractivity contribution is 6.30. The molecular formula is C12H13ClN4O2. The van der Waals surface area contributed by atoms with Gasteiger partial charge in [-0.3, -0.25) is 10.1 Å². The first-order valence-electron chi connectivity index (χ1n) is 5.81. The van der Waals surface area contributed by atoms with Crippen molar-refractivity contribution < 1.29 is 4.92 Å². The zero-order valence-corrected chi connectivity index (χ0v) is 11.1. The highest BCUT2D eigenvalue weighted by Gasteiger charge is 2.16. The van der Waals surface area contributed by atoms with Crippen molar-refractivity contribution in [2.24, 2.45) is 0 Å². The minimum absolute atomic E-state index is 0.0255. The summed E-state index contributed by atoms with van der Waals surface area (Å²) in [5, 5.41) is 18.9. The topological polar surface area (TPSA) is 73.0 Å². The number of nitrogens with one attached hydrogen (secondary N) is 1. The first kappa shape index (κ1) is 13.5. The molecule has 1 aromatic heterocycles. The fourth-order valence-corrected chi connectivity index (χ4v) is 1.84. The maximum Gasteiger partial charge on any atom is 0.294 e. The van der Waals surface area contributed by atoms with E-state index in [4.69, 9.17) is 11.6 Å². The number of hydrogen-bond acceptors (Lipinski definition) is 4. The van der Waals surface area contributed by atoms with Gasteiger partial charge >= 0.3 is 0 Å². The van der Waals surface area contributed by atoms with E-state index < -0.39 is 4.92 Å². The van der Waals surface area contributed by atoms with E-state index >= 15 is 0 Å². The average Bonchev–Trinajstić information content (AvgIpc) is 2.84. The summed E-state index contributed by atoms with van der Waals surface area (Å²) in [7, 11) is 0. The van der Waals surface area contributed by atoms with Crippen LogP contribution in [-0.2, 0) is 6.54 Å². The predicted octanol–water partition coefficient (Wildman–Crippen LogP) is 2.54. The van der Waals surface area contributed by atoms with E-state index in [1.165, 1.54) is 22.9 Å². The van der Waals surface area contributed by atoms with Crippen LogP contribution in [0.3, 0.4) is 0 Å². The van der Waals surface area contributed by atoms with Gasteiger partial charge in [0.25, 0.3) is 5.69 Å².